The van der Waals surface area contributed by atoms with Crippen LogP contribution in [0.25, 0.3) is 0 Å². The van der Waals surface area contributed by atoms with Crippen LogP contribution in [0.2, 0.25) is 0 Å². The molecular weight excluding hydrogens is 474 g/mol. The normalized spacial score (nSPS) is 13.4. The van der Waals surface area contributed by atoms with E-state index >= 15 is 0 Å². The molecule has 2 atom stereocenters. The number of benzene rings is 1. The van der Waals surface area contributed by atoms with E-state index in [1.165, 1.54) is 4.90 Å². The Morgan fingerprint density at radius 2 is 1.65 bits per heavy atom. The predicted molar refractivity (Wildman–Crippen MR) is 144 cm³/mol. The number of para-hydroxylation sites is 1. The Balaban J connectivity index is 3.48. The lowest BCUT2D eigenvalue weighted by Crippen LogP contribution is -2.55. The van der Waals surface area contributed by atoms with Crippen molar-refractivity contribution < 1.29 is 29.3 Å². The molecule has 0 aromatic heterocycles. The van der Waals surface area contributed by atoms with Crippen LogP contribution < -0.4 is 10.6 Å². The number of nitrogens with one attached hydrogen (secondary N) is 2. The number of carbonyl (C=O) groups excluding carboxylic acids is 3. The second-order valence-electron chi connectivity index (χ2n) is 11.5. The molecule has 0 bridgehead atoms. The fourth-order valence-electron chi connectivity index (χ4n) is 3.88. The first-order chi connectivity index (χ1) is 17.1. The Morgan fingerprint density at radius 3 is 2.19 bits per heavy atom. The van der Waals surface area contributed by atoms with E-state index in [0.717, 1.165) is 25.7 Å². The van der Waals surface area contributed by atoms with Crippen molar-refractivity contribution in [2.24, 2.45) is 0 Å². The van der Waals surface area contributed by atoms with Gasteiger partial charge in [-0.05, 0) is 60.5 Å². The first kappa shape index (κ1) is 32.2. The van der Waals surface area contributed by atoms with Crippen LogP contribution in [0, 0.1) is 6.92 Å². The highest BCUT2D eigenvalue weighted by molar-refractivity contribution is 5.93. The highest BCUT2D eigenvalue weighted by Gasteiger charge is 2.38. The van der Waals surface area contributed by atoms with Gasteiger partial charge in [-0.3, -0.25) is 9.59 Å². The maximum absolute atomic E-state index is 13.8. The number of aryl methyl sites for hydroxylation is 1. The smallest absolute Gasteiger partial charge is 0.408 e. The van der Waals surface area contributed by atoms with Gasteiger partial charge in [0.2, 0.25) is 11.8 Å². The molecule has 0 saturated carbocycles. The summed E-state index contributed by atoms with van der Waals surface area (Å²) >= 11 is 0. The number of aliphatic hydroxyl groups is 1. The first-order valence-electron chi connectivity index (χ1n) is 13.1. The summed E-state index contributed by atoms with van der Waals surface area (Å²) in [6.07, 6.45) is 3.70. The molecule has 9 heteroatoms. The predicted octanol–water partition coefficient (Wildman–Crippen LogP) is 4.34. The van der Waals surface area contributed by atoms with Crippen molar-refractivity contribution in [3.05, 3.63) is 29.3 Å². The van der Waals surface area contributed by atoms with Crippen molar-refractivity contribution in [3.8, 4) is 5.75 Å². The number of hydrogen-bond acceptors (Lipinski definition) is 6. The van der Waals surface area contributed by atoms with Gasteiger partial charge in [0, 0.05) is 17.6 Å². The lowest BCUT2D eigenvalue weighted by molar-refractivity contribution is -0.144. The van der Waals surface area contributed by atoms with Crippen molar-refractivity contribution in [1.82, 2.24) is 15.5 Å². The minimum absolute atomic E-state index is 0.0824. The van der Waals surface area contributed by atoms with Crippen LogP contribution >= 0.6 is 0 Å². The van der Waals surface area contributed by atoms with E-state index in [1.54, 1.807) is 45.9 Å². The van der Waals surface area contributed by atoms with Crippen LogP contribution in [0.5, 0.6) is 5.75 Å². The van der Waals surface area contributed by atoms with Crippen LogP contribution in [-0.2, 0) is 14.3 Å². The number of nitrogens with zero attached hydrogens (tertiary/aromatic N) is 1. The SMILES string of the molecule is CCCCCCCN(C(=O)C(CO)NC(=O)OC(C)(C)C)C(C(=O)NC(C)(C)C)c1cccc(C)c1O. The van der Waals surface area contributed by atoms with Crippen LogP contribution in [-0.4, -0.2) is 63.4 Å². The number of rotatable bonds is 12. The summed E-state index contributed by atoms with van der Waals surface area (Å²) < 4.78 is 5.27. The number of phenols is 1. The highest BCUT2D eigenvalue weighted by atomic mass is 16.6. The van der Waals surface area contributed by atoms with Gasteiger partial charge in [0.05, 0.1) is 6.61 Å². The summed E-state index contributed by atoms with van der Waals surface area (Å²) in [6, 6.07) is 2.54. The number of aromatic hydroxyl groups is 1. The number of unbranched alkanes of at least 4 members (excludes halogenated alkanes) is 4. The highest BCUT2D eigenvalue weighted by Crippen LogP contribution is 2.33. The largest absolute Gasteiger partial charge is 0.507 e. The average molecular weight is 522 g/mol. The Morgan fingerprint density at radius 1 is 1.03 bits per heavy atom. The molecule has 0 aliphatic heterocycles. The van der Waals surface area contributed by atoms with E-state index < -0.39 is 47.7 Å². The fourth-order valence-corrected chi connectivity index (χ4v) is 3.88. The second kappa shape index (κ2) is 14.2. The Bertz CT molecular complexity index is 904. The van der Waals surface area contributed by atoms with Gasteiger partial charge in [-0.15, -0.1) is 0 Å². The summed E-state index contributed by atoms with van der Waals surface area (Å²) in [6.45, 7) is 13.9. The van der Waals surface area contributed by atoms with Crippen LogP contribution in [0.3, 0.4) is 0 Å². The number of ether oxygens (including phenoxy) is 1. The van der Waals surface area contributed by atoms with Gasteiger partial charge >= 0.3 is 6.09 Å². The van der Waals surface area contributed by atoms with Gasteiger partial charge in [-0.25, -0.2) is 4.79 Å². The molecule has 4 N–H and O–H groups in total. The molecule has 0 fully saturated rings. The third-order valence-corrected chi connectivity index (χ3v) is 5.58. The van der Waals surface area contributed by atoms with Gasteiger partial charge in [0.25, 0.3) is 0 Å². The fraction of sp³-hybridized carbons (Fsp3) is 0.679. The van der Waals surface area contributed by atoms with Gasteiger partial charge in [0.1, 0.15) is 23.4 Å². The lowest BCUT2D eigenvalue weighted by Gasteiger charge is -2.36. The molecule has 0 saturated heterocycles. The van der Waals surface area contributed by atoms with E-state index in [-0.39, 0.29) is 17.9 Å². The van der Waals surface area contributed by atoms with Gasteiger partial charge in [-0.1, -0.05) is 50.8 Å². The number of amides is 3. The molecule has 0 heterocycles. The van der Waals surface area contributed by atoms with Crippen molar-refractivity contribution in [2.45, 2.75) is 111 Å². The number of carbonyl (C=O) groups is 3. The molecule has 0 spiro atoms. The summed E-state index contributed by atoms with van der Waals surface area (Å²) in [7, 11) is 0. The van der Waals surface area contributed by atoms with Gasteiger partial charge in [0.15, 0.2) is 0 Å². The average Bonchev–Trinajstić information content (AvgIpc) is 2.76. The molecule has 3 amide bonds. The molecule has 0 radical (unpaired) electrons. The van der Waals surface area contributed by atoms with E-state index in [2.05, 4.69) is 17.6 Å². The quantitative estimate of drug-likeness (QED) is 0.303. The van der Waals surface area contributed by atoms with Crippen LogP contribution in [0.1, 0.15) is 97.7 Å². The van der Waals surface area contributed by atoms with Crippen molar-refractivity contribution in [1.29, 1.82) is 0 Å². The van der Waals surface area contributed by atoms with E-state index in [9.17, 15) is 24.6 Å². The zero-order valence-corrected chi connectivity index (χ0v) is 23.8. The molecule has 0 aliphatic rings. The molecule has 9 nitrogen and oxygen atoms in total. The molecule has 210 valence electrons. The zero-order valence-electron chi connectivity index (χ0n) is 23.8. The van der Waals surface area contributed by atoms with Crippen LogP contribution in [0.15, 0.2) is 18.2 Å². The summed E-state index contributed by atoms with van der Waals surface area (Å²) in [5.74, 6) is -1.19. The molecule has 1 aromatic carbocycles. The first-order valence-corrected chi connectivity index (χ1v) is 13.1. The molecule has 37 heavy (non-hydrogen) atoms. The van der Waals surface area contributed by atoms with Crippen molar-refractivity contribution in [3.63, 3.8) is 0 Å². The summed E-state index contributed by atoms with van der Waals surface area (Å²) in [5.41, 5.74) is -0.561. The lowest BCUT2D eigenvalue weighted by atomic mass is 9.97. The number of hydrogen-bond donors (Lipinski definition) is 4. The van der Waals surface area contributed by atoms with E-state index in [1.807, 2.05) is 20.8 Å². The van der Waals surface area contributed by atoms with E-state index in [4.69, 9.17) is 4.74 Å². The van der Waals surface area contributed by atoms with Gasteiger partial charge < -0.3 is 30.5 Å². The molecule has 0 aliphatic carbocycles. The third-order valence-electron chi connectivity index (χ3n) is 5.58. The summed E-state index contributed by atoms with van der Waals surface area (Å²) in [5, 5.41) is 26.3. The van der Waals surface area contributed by atoms with Crippen molar-refractivity contribution >= 4 is 17.9 Å². The maximum Gasteiger partial charge on any atom is 0.408 e. The second-order valence-corrected chi connectivity index (χ2v) is 11.5. The topological polar surface area (TPSA) is 128 Å². The minimum Gasteiger partial charge on any atom is -0.507 e. The Hall–Kier alpha value is -2.81. The zero-order chi connectivity index (χ0) is 28.4. The van der Waals surface area contributed by atoms with Gasteiger partial charge in [-0.2, -0.15) is 0 Å². The molecule has 1 rings (SSSR count). The van der Waals surface area contributed by atoms with Crippen molar-refractivity contribution in [2.75, 3.05) is 13.2 Å². The molecule has 1 aromatic rings. The molecule has 2 unspecified atom stereocenters. The Kier molecular flexibility index (Phi) is 12.4. The number of alkyl carbamates (subject to hydrolysis) is 1. The van der Waals surface area contributed by atoms with Crippen LogP contribution in [0.4, 0.5) is 4.79 Å². The maximum atomic E-state index is 13.8. The minimum atomic E-state index is -1.33. The number of phenolic OH excluding ortho intramolecular Hbond substituents is 1. The van der Waals surface area contributed by atoms with E-state index in [0.29, 0.717) is 12.0 Å². The summed E-state index contributed by atoms with van der Waals surface area (Å²) in [4.78, 5) is 41.2. The monoisotopic (exact) mass is 521 g/mol. The third kappa shape index (κ3) is 11.0. The number of aliphatic hydroxyl groups excluding tert-OH is 1. The Labute approximate surface area is 222 Å². The molecular formula is C28H47N3O6. The standard InChI is InChI=1S/C28H47N3O6/c1-9-10-11-12-13-17-31(25(35)21(18-32)29-26(36)37-28(6,7)8)22(24(34)30-27(3,4)5)20-16-14-15-19(2)23(20)33/h14-16,21-22,32-33H,9-13,17-18H2,1-8H3,(H,29,36)(H,30,34).